The quantitative estimate of drug-likeness (QED) is 0.581. The minimum absolute atomic E-state index is 0.0607. The van der Waals surface area contributed by atoms with E-state index in [-0.39, 0.29) is 11.6 Å². The second-order valence-electron chi connectivity index (χ2n) is 6.85. The molecule has 3 rings (SSSR count). The number of rotatable bonds is 4. The van der Waals surface area contributed by atoms with Crippen LogP contribution in [0.5, 0.6) is 0 Å². The molecule has 1 aromatic carbocycles. The predicted molar refractivity (Wildman–Crippen MR) is 111 cm³/mol. The summed E-state index contributed by atoms with van der Waals surface area (Å²) >= 11 is 7.25. The Morgan fingerprint density at radius 2 is 2.00 bits per heavy atom. The highest BCUT2D eigenvalue weighted by atomic mass is 35.5. The predicted octanol–water partition coefficient (Wildman–Crippen LogP) is 3.49. The number of carbonyl (C=O) groups excluding carboxylic acids is 2. The van der Waals surface area contributed by atoms with Gasteiger partial charge >= 0.3 is 6.03 Å². The Morgan fingerprint density at radius 1 is 1.29 bits per heavy atom. The van der Waals surface area contributed by atoms with E-state index in [9.17, 15) is 14.4 Å². The Bertz CT molecular complexity index is 956. The van der Waals surface area contributed by atoms with Gasteiger partial charge < -0.3 is 5.32 Å². The van der Waals surface area contributed by atoms with Gasteiger partial charge in [0.15, 0.2) is 5.16 Å². The van der Waals surface area contributed by atoms with E-state index in [1.807, 2.05) is 0 Å². The van der Waals surface area contributed by atoms with Gasteiger partial charge in [0.2, 0.25) is 5.91 Å². The SMILES string of the molecule is CNC(=O)NC(=O)[C@@H](C)Sc1nc2cc(Cl)ccc2c(=O)n1C1CCCCC1. The molecule has 28 heavy (non-hydrogen) atoms. The van der Waals surface area contributed by atoms with Crippen LogP contribution < -0.4 is 16.2 Å². The molecule has 1 aliphatic carbocycles. The van der Waals surface area contributed by atoms with E-state index in [1.54, 1.807) is 29.7 Å². The average molecular weight is 423 g/mol. The highest BCUT2D eigenvalue weighted by Gasteiger charge is 2.25. The van der Waals surface area contributed by atoms with Crippen LogP contribution in [0.3, 0.4) is 0 Å². The summed E-state index contributed by atoms with van der Waals surface area (Å²) in [5.41, 5.74) is 0.390. The summed E-state index contributed by atoms with van der Waals surface area (Å²) in [5, 5.41) is 5.50. The summed E-state index contributed by atoms with van der Waals surface area (Å²) in [6.07, 6.45) is 5.11. The van der Waals surface area contributed by atoms with Crippen molar-refractivity contribution in [1.29, 1.82) is 0 Å². The monoisotopic (exact) mass is 422 g/mol. The molecule has 0 radical (unpaired) electrons. The number of carbonyl (C=O) groups is 2. The van der Waals surface area contributed by atoms with Gasteiger partial charge in [-0.15, -0.1) is 0 Å². The molecule has 1 aliphatic rings. The first-order valence-electron chi connectivity index (χ1n) is 9.31. The summed E-state index contributed by atoms with van der Waals surface area (Å²) in [6, 6.07) is 4.53. The zero-order valence-corrected chi connectivity index (χ0v) is 17.4. The molecule has 1 atom stereocenters. The number of fused-ring (bicyclic) bond motifs is 1. The van der Waals surface area contributed by atoms with Crippen LogP contribution in [0.15, 0.2) is 28.2 Å². The molecule has 1 heterocycles. The fourth-order valence-electron chi connectivity index (χ4n) is 3.38. The Hall–Kier alpha value is -2.06. The number of imide groups is 1. The summed E-state index contributed by atoms with van der Waals surface area (Å²) in [7, 11) is 1.44. The molecule has 150 valence electrons. The standard InChI is InChI=1S/C19H23ClN4O3S/c1-11(16(25)23-18(27)21-2)28-19-22-15-10-12(20)8-9-14(15)17(26)24(19)13-6-4-3-5-7-13/h8-11,13H,3-7H2,1-2H3,(H2,21,23,25,27)/t11-/m1/s1. The summed E-state index contributed by atoms with van der Waals surface area (Å²) < 4.78 is 1.73. The normalized spacial score (nSPS) is 16.0. The Labute approximate surface area is 172 Å². The van der Waals surface area contributed by atoms with Crippen molar-refractivity contribution >= 4 is 46.2 Å². The lowest BCUT2D eigenvalue weighted by molar-refractivity contribution is -0.119. The van der Waals surface area contributed by atoms with Crippen LogP contribution in [0.25, 0.3) is 10.9 Å². The van der Waals surface area contributed by atoms with Gasteiger partial charge in [0.05, 0.1) is 16.2 Å². The van der Waals surface area contributed by atoms with E-state index in [0.29, 0.717) is 21.1 Å². The van der Waals surface area contributed by atoms with Crippen molar-refractivity contribution in [2.75, 3.05) is 7.05 Å². The molecule has 2 aromatic rings. The maximum Gasteiger partial charge on any atom is 0.321 e. The van der Waals surface area contributed by atoms with Crippen LogP contribution in [-0.2, 0) is 4.79 Å². The fourth-order valence-corrected chi connectivity index (χ4v) is 4.53. The molecule has 1 aromatic heterocycles. The molecular weight excluding hydrogens is 400 g/mol. The van der Waals surface area contributed by atoms with Crippen LogP contribution in [0.4, 0.5) is 4.79 Å². The lowest BCUT2D eigenvalue weighted by atomic mass is 9.95. The van der Waals surface area contributed by atoms with Crippen LogP contribution >= 0.6 is 23.4 Å². The molecule has 0 unspecified atom stereocenters. The van der Waals surface area contributed by atoms with Gasteiger partial charge in [-0.3, -0.25) is 19.5 Å². The number of thioether (sulfide) groups is 1. The first kappa shape index (κ1) is 20.7. The van der Waals surface area contributed by atoms with Crippen molar-refractivity contribution in [3.63, 3.8) is 0 Å². The van der Waals surface area contributed by atoms with Crippen molar-refractivity contribution < 1.29 is 9.59 Å². The number of nitrogens with zero attached hydrogens (tertiary/aromatic N) is 2. The number of hydrogen-bond acceptors (Lipinski definition) is 5. The zero-order valence-electron chi connectivity index (χ0n) is 15.8. The average Bonchev–Trinajstić information content (AvgIpc) is 2.68. The Kier molecular flexibility index (Phi) is 6.61. The summed E-state index contributed by atoms with van der Waals surface area (Å²) in [6.45, 7) is 1.68. The molecule has 0 saturated heterocycles. The van der Waals surface area contributed by atoms with Crippen LogP contribution in [0.2, 0.25) is 5.02 Å². The fraction of sp³-hybridized carbons (Fsp3) is 0.474. The highest BCUT2D eigenvalue weighted by molar-refractivity contribution is 8.00. The molecular formula is C19H23ClN4O3S. The molecule has 1 fully saturated rings. The smallest absolute Gasteiger partial charge is 0.321 e. The van der Waals surface area contributed by atoms with Crippen LogP contribution in [0.1, 0.15) is 45.1 Å². The van der Waals surface area contributed by atoms with Crippen molar-refractivity contribution in [2.24, 2.45) is 0 Å². The molecule has 0 aliphatic heterocycles. The van der Waals surface area contributed by atoms with Crippen molar-refractivity contribution in [3.8, 4) is 0 Å². The first-order chi connectivity index (χ1) is 13.4. The number of hydrogen-bond donors (Lipinski definition) is 2. The van der Waals surface area contributed by atoms with E-state index in [0.717, 1.165) is 32.1 Å². The minimum atomic E-state index is -0.601. The third-order valence-corrected chi connectivity index (χ3v) is 6.19. The Morgan fingerprint density at radius 3 is 2.68 bits per heavy atom. The molecule has 2 N–H and O–H groups in total. The molecule has 9 heteroatoms. The lowest BCUT2D eigenvalue weighted by Gasteiger charge is -2.26. The third-order valence-electron chi connectivity index (χ3n) is 4.89. The van der Waals surface area contributed by atoms with E-state index < -0.39 is 17.2 Å². The zero-order chi connectivity index (χ0) is 20.3. The number of halogens is 1. The van der Waals surface area contributed by atoms with Crippen molar-refractivity contribution in [1.82, 2.24) is 20.2 Å². The second kappa shape index (κ2) is 8.96. The minimum Gasteiger partial charge on any atom is -0.341 e. The Balaban J connectivity index is 2.02. The van der Waals surface area contributed by atoms with Crippen molar-refractivity contribution in [3.05, 3.63) is 33.6 Å². The van der Waals surface area contributed by atoms with Gasteiger partial charge in [0, 0.05) is 18.1 Å². The van der Waals surface area contributed by atoms with Gasteiger partial charge in [-0.25, -0.2) is 9.78 Å². The van der Waals surface area contributed by atoms with Crippen molar-refractivity contribution in [2.45, 2.75) is 55.5 Å². The van der Waals surface area contributed by atoms with E-state index in [1.165, 1.54) is 18.8 Å². The second-order valence-corrected chi connectivity index (χ2v) is 8.60. The molecule has 1 saturated carbocycles. The number of aromatic nitrogens is 2. The largest absolute Gasteiger partial charge is 0.341 e. The van der Waals surface area contributed by atoms with Gasteiger partial charge in [-0.05, 0) is 38.0 Å². The van der Waals surface area contributed by atoms with Crippen LogP contribution in [0, 0.1) is 0 Å². The van der Waals surface area contributed by atoms with Gasteiger partial charge in [-0.1, -0.05) is 42.6 Å². The van der Waals surface area contributed by atoms with Gasteiger partial charge in [0.1, 0.15) is 0 Å². The van der Waals surface area contributed by atoms with E-state index >= 15 is 0 Å². The first-order valence-corrected chi connectivity index (χ1v) is 10.6. The lowest BCUT2D eigenvalue weighted by Crippen LogP contribution is -2.41. The molecule has 3 amide bonds. The number of urea groups is 1. The van der Waals surface area contributed by atoms with E-state index in [4.69, 9.17) is 11.6 Å². The molecule has 7 nitrogen and oxygen atoms in total. The summed E-state index contributed by atoms with van der Waals surface area (Å²) in [4.78, 5) is 41.6. The topological polar surface area (TPSA) is 93.1 Å². The van der Waals surface area contributed by atoms with Crippen LogP contribution in [-0.4, -0.2) is 33.8 Å². The maximum atomic E-state index is 13.2. The maximum absolute atomic E-state index is 13.2. The number of amides is 3. The van der Waals surface area contributed by atoms with Gasteiger partial charge in [-0.2, -0.15) is 0 Å². The molecule has 0 bridgehead atoms. The number of benzene rings is 1. The number of nitrogens with one attached hydrogen (secondary N) is 2. The third kappa shape index (κ3) is 4.50. The highest BCUT2D eigenvalue weighted by Crippen LogP contribution is 2.32. The van der Waals surface area contributed by atoms with Gasteiger partial charge in [0.25, 0.3) is 5.56 Å². The molecule has 0 spiro atoms. The van der Waals surface area contributed by atoms with E-state index in [2.05, 4.69) is 15.6 Å². The summed E-state index contributed by atoms with van der Waals surface area (Å²) in [5.74, 6) is -0.444.